The summed E-state index contributed by atoms with van der Waals surface area (Å²) in [6.45, 7) is 6.57. The molecule has 0 bridgehead atoms. The molecule has 0 saturated carbocycles. The van der Waals surface area contributed by atoms with Gasteiger partial charge in [0, 0.05) is 18.0 Å². The smallest absolute Gasteiger partial charge is 0.254 e. The SMILES string of the molecule is C=CCC(c1ccc(Cl)c(Cl)c1)[C@H]1c2ccccc2C(=O)N1CC. The third kappa shape index (κ3) is 2.85. The number of halogens is 2. The molecule has 2 atom stereocenters. The summed E-state index contributed by atoms with van der Waals surface area (Å²) in [4.78, 5) is 14.7. The normalized spacial score (nSPS) is 17.7. The first-order valence-electron chi connectivity index (χ1n) is 8.04. The van der Waals surface area contributed by atoms with Crippen LogP contribution in [-0.2, 0) is 0 Å². The summed E-state index contributed by atoms with van der Waals surface area (Å²) >= 11 is 12.3. The Hall–Kier alpha value is -1.77. The molecule has 4 heteroatoms. The van der Waals surface area contributed by atoms with Crippen molar-refractivity contribution in [2.45, 2.75) is 25.3 Å². The van der Waals surface area contributed by atoms with Gasteiger partial charge in [-0.25, -0.2) is 0 Å². The Bertz CT molecular complexity index is 787. The zero-order valence-corrected chi connectivity index (χ0v) is 15.0. The number of rotatable bonds is 5. The Kier molecular flexibility index (Phi) is 4.98. The lowest BCUT2D eigenvalue weighted by atomic mass is 9.84. The number of fused-ring (bicyclic) bond motifs is 1. The maximum atomic E-state index is 12.8. The highest BCUT2D eigenvalue weighted by molar-refractivity contribution is 6.42. The van der Waals surface area contributed by atoms with Crippen molar-refractivity contribution >= 4 is 29.1 Å². The van der Waals surface area contributed by atoms with Crippen molar-refractivity contribution in [3.8, 4) is 0 Å². The zero-order chi connectivity index (χ0) is 17.3. The van der Waals surface area contributed by atoms with Crippen molar-refractivity contribution in [3.63, 3.8) is 0 Å². The van der Waals surface area contributed by atoms with Crippen molar-refractivity contribution in [3.05, 3.63) is 81.9 Å². The van der Waals surface area contributed by atoms with Gasteiger partial charge in [0.2, 0.25) is 0 Å². The second-order valence-corrected chi connectivity index (χ2v) is 6.74. The molecule has 0 fully saturated rings. The van der Waals surface area contributed by atoms with Gasteiger partial charge in [-0.05, 0) is 42.7 Å². The molecule has 1 aliphatic heterocycles. The van der Waals surface area contributed by atoms with Crippen molar-refractivity contribution in [2.24, 2.45) is 0 Å². The van der Waals surface area contributed by atoms with Crippen LogP contribution in [0.15, 0.2) is 55.1 Å². The first-order chi connectivity index (χ1) is 11.6. The molecule has 124 valence electrons. The number of carbonyl (C=O) groups is 1. The number of nitrogens with zero attached hydrogens (tertiary/aromatic N) is 1. The van der Waals surface area contributed by atoms with Crippen molar-refractivity contribution in [1.29, 1.82) is 0 Å². The summed E-state index contributed by atoms with van der Waals surface area (Å²) in [5.74, 6) is 0.178. The monoisotopic (exact) mass is 359 g/mol. The van der Waals surface area contributed by atoms with Crippen LogP contribution in [0.25, 0.3) is 0 Å². The molecule has 1 heterocycles. The number of hydrogen-bond acceptors (Lipinski definition) is 1. The fourth-order valence-electron chi connectivity index (χ4n) is 3.54. The van der Waals surface area contributed by atoms with Crippen LogP contribution >= 0.6 is 23.2 Å². The topological polar surface area (TPSA) is 20.3 Å². The summed E-state index contributed by atoms with van der Waals surface area (Å²) in [5.41, 5.74) is 2.93. The molecule has 1 unspecified atom stereocenters. The highest BCUT2D eigenvalue weighted by Crippen LogP contribution is 2.45. The highest BCUT2D eigenvalue weighted by atomic mass is 35.5. The second-order valence-electron chi connectivity index (χ2n) is 5.93. The lowest BCUT2D eigenvalue weighted by Gasteiger charge is -2.31. The van der Waals surface area contributed by atoms with Crippen LogP contribution < -0.4 is 0 Å². The molecule has 0 spiro atoms. The first-order valence-corrected chi connectivity index (χ1v) is 8.79. The number of hydrogen-bond donors (Lipinski definition) is 0. The van der Waals surface area contributed by atoms with Crippen molar-refractivity contribution in [2.75, 3.05) is 6.54 Å². The van der Waals surface area contributed by atoms with E-state index < -0.39 is 0 Å². The molecule has 0 saturated heterocycles. The summed E-state index contributed by atoms with van der Waals surface area (Å²) in [7, 11) is 0. The van der Waals surface area contributed by atoms with Gasteiger partial charge in [0.15, 0.2) is 0 Å². The van der Waals surface area contributed by atoms with E-state index in [1.54, 1.807) is 0 Å². The zero-order valence-electron chi connectivity index (χ0n) is 13.5. The van der Waals surface area contributed by atoms with E-state index in [4.69, 9.17) is 23.2 Å². The third-order valence-corrected chi connectivity index (χ3v) is 5.36. The molecule has 2 aromatic carbocycles. The van der Waals surface area contributed by atoms with E-state index in [-0.39, 0.29) is 17.9 Å². The summed E-state index contributed by atoms with van der Waals surface area (Å²) in [6.07, 6.45) is 2.65. The van der Waals surface area contributed by atoms with Gasteiger partial charge in [0.05, 0.1) is 16.1 Å². The fraction of sp³-hybridized carbons (Fsp3) is 0.250. The number of benzene rings is 2. The maximum absolute atomic E-state index is 12.8. The molecule has 3 rings (SSSR count). The quantitative estimate of drug-likeness (QED) is 0.611. The predicted molar refractivity (Wildman–Crippen MR) is 99.9 cm³/mol. The first kappa shape index (κ1) is 17.1. The summed E-state index contributed by atoms with van der Waals surface area (Å²) in [6, 6.07) is 13.5. The molecule has 1 amide bonds. The molecule has 0 aliphatic carbocycles. The Morgan fingerprint density at radius 2 is 1.96 bits per heavy atom. The summed E-state index contributed by atoms with van der Waals surface area (Å²) in [5, 5.41) is 1.07. The average Bonchev–Trinajstić information content (AvgIpc) is 2.88. The van der Waals surface area contributed by atoms with Gasteiger partial charge in [-0.15, -0.1) is 6.58 Å². The van der Waals surface area contributed by atoms with E-state index in [0.29, 0.717) is 16.6 Å². The molecule has 2 aromatic rings. The Morgan fingerprint density at radius 1 is 1.21 bits per heavy atom. The molecule has 2 nitrogen and oxygen atoms in total. The minimum absolute atomic E-state index is 0.0195. The van der Waals surface area contributed by atoms with E-state index >= 15 is 0 Å². The van der Waals surface area contributed by atoms with Crippen molar-refractivity contribution < 1.29 is 4.79 Å². The van der Waals surface area contributed by atoms with Crippen LogP contribution in [0.3, 0.4) is 0 Å². The molecule has 0 N–H and O–H groups in total. The maximum Gasteiger partial charge on any atom is 0.254 e. The molecule has 0 aromatic heterocycles. The molecule has 0 radical (unpaired) electrons. The van der Waals surface area contributed by atoms with Gasteiger partial charge >= 0.3 is 0 Å². The lowest BCUT2D eigenvalue weighted by molar-refractivity contribution is 0.0713. The fourth-order valence-corrected chi connectivity index (χ4v) is 3.85. The predicted octanol–water partition coefficient (Wildman–Crippen LogP) is 5.87. The molecule has 24 heavy (non-hydrogen) atoms. The van der Waals surface area contributed by atoms with Crippen LogP contribution in [0, 0.1) is 0 Å². The minimum atomic E-state index is -0.0195. The standard InChI is InChI=1S/C20H19Cl2NO/c1-3-7-14(13-10-11-17(21)18(22)12-13)19-15-8-5-6-9-16(15)20(24)23(19)4-2/h3,5-6,8-12,14,19H,1,4,7H2,2H3/t14?,19-/m0/s1. The molecule has 1 aliphatic rings. The number of allylic oxidation sites excluding steroid dienone is 1. The third-order valence-electron chi connectivity index (χ3n) is 4.62. The van der Waals surface area contributed by atoms with Crippen molar-refractivity contribution in [1.82, 2.24) is 4.90 Å². The number of carbonyl (C=O) groups excluding carboxylic acids is 1. The van der Waals surface area contributed by atoms with Crippen LogP contribution in [0.4, 0.5) is 0 Å². The largest absolute Gasteiger partial charge is 0.331 e. The van der Waals surface area contributed by atoms with Gasteiger partial charge in [0.1, 0.15) is 0 Å². The lowest BCUT2D eigenvalue weighted by Crippen LogP contribution is -2.31. The van der Waals surface area contributed by atoms with Gasteiger partial charge < -0.3 is 4.90 Å². The van der Waals surface area contributed by atoms with Crippen LogP contribution in [-0.4, -0.2) is 17.4 Å². The van der Waals surface area contributed by atoms with Gasteiger partial charge in [-0.3, -0.25) is 4.79 Å². The Morgan fingerprint density at radius 3 is 2.62 bits per heavy atom. The van der Waals surface area contributed by atoms with E-state index in [1.165, 1.54) is 0 Å². The van der Waals surface area contributed by atoms with Crippen LogP contribution in [0.2, 0.25) is 10.0 Å². The van der Waals surface area contributed by atoms with Gasteiger partial charge in [-0.1, -0.05) is 53.5 Å². The minimum Gasteiger partial charge on any atom is -0.331 e. The van der Waals surface area contributed by atoms with E-state index in [9.17, 15) is 4.79 Å². The van der Waals surface area contributed by atoms with Gasteiger partial charge in [0.25, 0.3) is 5.91 Å². The Labute approximate surface area is 152 Å². The van der Waals surface area contributed by atoms with Crippen LogP contribution in [0.5, 0.6) is 0 Å². The number of amides is 1. The van der Waals surface area contributed by atoms with Crippen LogP contribution in [0.1, 0.15) is 46.8 Å². The average molecular weight is 360 g/mol. The van der Waals surface area contributed by atoms with E-state index in [2.05, 4.69) is 6.58 Å². The summed E-state index contributed by atoms with van der Waals surface area (Å²) < 4.78 is 0. The Balaban J connectivity index is 2.11. The second kappa shape index (κ2) is 7.00. The molecular weight excluding hydrogens is 341 g/mol. The van der Waals surface area contributed by atoms with Gasteiger partial charge in [-0.2, -0.15) is 0 Å². The van der Waals surface area contributed by atoms with E-state index in [0.717, 1.165) is 23.1 Å². The van der Waals surface area contributed by atoms with E-state index in [1.807, 2.05) is 60.4 Å². The number of likely N-dealkylation sites (N-methyl/N-ethyl adjacent to an activating group) is 1. The highest BCUT2D eigenvalue weighted by Gasteiger charge is 2.40. The molecular formula is C20H19Cl2NO.